The van der Waals surface area contributed by atoms with Crippen LogP contribution in [0.25, 0.3) is 11.4 Å². The summed E-state index contributed by atoms with van der Waals surface area (Å²) in [7, 11) is 0. The van der Waals surface area contributed by atoms with Crippen molar-refractivity contribution in [2.24, 2.45) is 0 Å². The fourth-order valence-corrected chi connectivity index (χ4v) is 3.64. The Kier molecular flexibility index (Phi) is 7.04. The van der Waals surface area contributed by atoms with Gasteiger partial charge in [0.15, 0.2) is 5.82 Å². The molecular weight excluding hydrogens is 334 g/mol. The maximum atomic E-state index is 4.95. The molecule has 3 rings (SSSR count). The van der Waals surface area contributed by atoms with E-state index in [9.17, 15) is 0 Å². The first-order valence-corrected chi connectivity index (χ1v) is 10.4. The molecule has 2 aromatic rings. The van der Waals surface area contributed by atoms with Crippen LogP contribution in [-0.4, -0.2) is 60.7 Å². The lowest BCUT2D eigenvalue weighted by atomic mass is 10.2. The average molecular weight is 368 g/mol. The Hall–Kier alpha value is -2.14. The standard InChI is InChI=1S/C22H33N5/c1-4-12-26(13-5-2)20-18-21(27-16-14-25(6-3)15-17-27)24-22(23-20)19-10-8-7-9-11-19/h7-11,18H,4-6,12-17H2,1-3H3. The lowest BCUT2D eigenvalue weighted by Crippen LogP contribution is -2.46. The summed E-state index contributed by atoms with van der Waals surface area (Å²) in [6, 6.07) is 12.5. The molecule has 0 aliphatic carbocycles. The molecule has 1 aromatic carbocycles. The van der Waals surface area contributed by atoms with Crippen molar-refractivity contribution in [1.29, 1.82) is 0 Å². The Morgan fingerprint density at radius 3 is 2.15 bits per heavy atom. The van der Waals surface area contributed by atoms with Gasteiger partial charge in [-0.05, 0) is 19.4 Å². The first kappa shape index (κ1) is 19.6. The van der Waals surface area contributed by atoms with Crippen LogP contribution in [-0.2, 0) is 0 Å². The lowest BCUT2D eigenvalue weighted by molar-refractivity contribution is 0.270. The molecule has 0 saturated carbocycles. The van der Waals surface area contributed by atoms with Crippen molar-refractivity contribution in [3.63, 3.8) is 0 Å². The zero-order valence-corrected chi connectivity index (χ0v) is 17.1. The highest BCUT2D eigenvalue weighted by Gasteiger charge is 2.20. The summed E-state index contributed by atoms with van der Waals surface area (Å²) in [5.74, 6) is 2.95. The van der Waals surface area contributed by atoms with Crippen molar-refractivity contribution in [1.82, 2.24) is 14.9 Å². The van der Waals surface area contributed by atoms with Crippen LogP contribution in [0.15, 0.2) is 36.4 Å². The van der Waals surface area contributed by atoms with Crippen LogP contribution in [0.3, 0.4) is 0 Å². The van der Waals surface area contributed by atoms with Crippen molar-refractivity contribution in [3.05, 3.63) is 36.4 Å². The van der Waals surface area contributed by atoms with Crippen LogP contribution in [0.2, 0.25) is 0 Å². The van der Waals surface area contributed by atoms with E-state index in [0.717, 1.165) is 81.7 Å². The fourth-order valence-electron chi connectivity index (χ4n) is 3.64. The molecule has 0 atom stereocenters. The van der Waals surface area contributed by atoms with Crippen LogP contribution in [0.4, 0.5) is 11.6 Å². The van der Waals surface area contributed by atoms with Gasteiger partial charge in [-0.3, -0.25) is 0 Å². The molecule has 0 spiro atoms. The van der Waals surface area contributed by atoms with Crippen molar-refractivity contribution >= 4 is 11.6 Å². The molecule has 2 heterocycles. The topological polar surface area (TPSA) is 35.5 Å². The highest BCUT2D eigenvalue weighted by Crippen LogP contribution is 2.25. The number of piperazine rings is 1. The van der Waals surface area contributed by atoms with E-state index in [1.165, 1.54) is 0 Å². The van der Waals surface area contributed by atoms with Gasteiger partial charge in [-0.1, -0.05) is 51.1 Å². The molecule has 1 aromatic heterocycles. The Morgan fingerprint density at radius 1 is 0.889 bits per heavy atom. The van der Waals surface area contributed by atoms with E-state index in [-0.39, 0.29) is 0 Å². The van der Waals surface area contributed by atoms with Gasteiger partial charge in [0.1, 0.15) is 11.6 Å². The summed E-state index contributed by atoms with van der Waals surface area (Å²) in [5.41, 5.74) is 1.08. The molecule has 0 amide bonds. The minimum Gasteiger partial charge on any atom is -0.356 e. The van der Waals surface area contributed by atoms with Crippen LogP contribution >= 0.6 is 0 Å². The van der Waals surface area contributed by atoms with Crippen LogP contribution in [0, 0.1) is 0 Å². The van der Waals surface area contributed by atoms with E-state index in [1.807, 2.05) is 6.07 Å². The number of hydrogen-bond acceptors (Lipinski definition) is 5. The molecule has 0 radical (unpaired) electrons. The third-order valence-electron chi connectivity index (χ3n) is 5.19. The second-order valence-corrected chi connectivity index (χ2v) is 7.18. The average Bonchev–Trinajstić information content (AvgIpc) is 2.74. The number of likely N-dealkylation sites (N-methyl/N-ethyl adjacent to an activating group) is 1. The van der Waals surface area contributed by atoms with Crippen LogP contribution < -0.4 is 9.80 Å². The lowest BCUT2D eigenvalue weighted by Gasteiger charge is -2.35. The molecule has 5 heteroatoms. The van der Waals surface area contributed by atoms with Crippen molar-refractivity contribution in [3.8, 4) is 11.4 Å². The van der Waals surface area contributed by atoms with E-state index in [2.05, 4.69) is 65.8 Å². The molecule has 1 aliphatic rings. The predicted molar refractivity (Wildman–Crippen MR) is 115 cm³/mol. The molecule has 27 heavy (non-hydrogen) atoms. The highest BCUT2D eigenvalue weighted by atomic mass is 15.3. The molecule has 5 nitrogen and oxygen atoms in total. The van der Waals surface area contributed by atoms with Gasteiger partial charge in [0, 0.05) is 50.9 Å². The number of rotatable bonds is 8. The summed E-state index contributed by atoms with van der Waals surface area (Å²) in [4.78, 5) is 17.2. The smallest absolute Gasteiger partial charge is 0.163 e. The summed E-state index contributed by atoms with van der Waals surface area (Å²) in [6.45, 7) is 14.1. The van der Waals surface area contributed by atoms with Gasteiger partial charge in [-0.25, -0.2) is 9.97 Å². The Labute approximate surface area is 164 Å². The van der Waals surface area contributed by atoms with E-state index < -0.39 is 0 Å². The van der Waals surface area contributed by atoms with Gasteiger partial charge in [0.2, 0.25) is 0 Å². The summed E-state index contributed by atoms with van der Waals surface area (Å²) < 4.78 is 0. The molecule has 1 saturated heterocycles. The van der Waals surface area contributed by atoms with E-state index >= 15 is 0 Å². The maximum absolute atomic E-state index is 4.95. The van der Waals surface area contributed by atoms with Gasteiger partial charge in [-0.15, -0.1) is 0 Å². The van der Waals surface area contributed by atoms with E-state index in [0.29, 0.717) is 0 Å². The number of hydrogen-bond donors (Lipinski definition) is 0. The Balaban J connectivity index is 1.95. The first-order valence-electron chi connectivity index (χ1n) is 10.4. The third-order valence-corrected chi connectivity index (χ3v) is 5.19. The third kappa shape index (κ3) is 4.98. The van der Waals surface area contributed by atoms with Gasteiger partial charge < -0.3 is 14.7 Å². The number of aromatic nitrogens is 2. The molecule has 0 N–H and O–H groups in total. The van der Waals surface area contributed by atoms with Crippen LogP contribution in [0.1, 0.15) is 33.6 Å². The molecule has 0 unspecified atom stereocenters. The van der Waals surface area contributed by atoms with Gasteiger partial charge in [0.05, 0.1) is 0 Å². The molecule has 1 aliphatic heterocycles. The summed E-state index contributed by atoms with van der Waals surface area (Å²) in [6.07, 6.45) is 2.24. The second-order valence-electron chi connectivity index (χ2n) is 7.18. The summed E-state index contributed by atoms with van der Waals surface area (Å²) >= 11 is 0. The largest absolute Gasteiger partial charge is 0.356 e. The van der Waals surface area contributed by atoms with E-state index in [1.54, 1.807) is 0 Å². The quantitative estimate of drug-likeness (QED) is 0.707. The number of nitrogens with zero attached hydrogens (tertiary/aromatic N) is 5. The normalized spacial score (nSPS) is 15.1. The van der Waals surface area contributed by atoms with Gasteiger partial charge in [-0.2, -0.15) is 0 Å². The zero-order valence-electron chi connectivity index (χ0n) is 17.1. The Bertz CT molecular complexity index is 689. The first-order chi connectivity index (χ1) is 13.2. The summed E-state index contributed by atoms with van der Waals surface area (Å²) in [5, 5.41) is 0. The van der Waals surface area contributed by atoms with E-state index in [4.69, 9.17) is 9.97 Å². The zero-order chi connectivity index (χ0) is 19.1. The molecule has 0 bridgehead atoms. The van der Waals surface area contributed by atoms with Crippen molar-refractivity contribution in [2.75, 3.05) is 55.6 Å². The Morgan fingerprint density at radius 2 is 1.56 bits per heavy atom. The monoisotopic (exact) mass is 367 g/mol. The molecular formula is C22H33N5. The minimum absolute atomic E-state index is 0.832. The fraction of sp³-hybridized carbons (Fsp3) is 0.545. The second kappa shape index (κ2) is 9.70. The van der Waals surface area contributed by atoms with Crippen molar-refractivity contribution < 1.29 is 0 Å². The number of benzene rings is 1. The minimum atomic E-state index is 0.832. The number of anilines is 2. The maximum Gasteiger partial charge on any atom is 0.163 e. The van der Waals surface area contributed by atoms with Gasteiger partial charge >= 0.3 is 0 Å². The predicted octanol–water partition coefficient (Wildman–Crippen LogP) is 3.91. The van der Waals surface area contributed by atoms with Gasteiger partial charge in [0.25, 0.3) is 0 Å². The molecule has 146 valence electrons. The van der Waals surface area contributed by atoms with Crippen LogP contribution in [0.5, 0.6) is 0 Å². The SMILES string of the molecule is CCCN(CCC)c1cc(N2CCN(CC)CC2)nc(-c2ccccc2)n1. The van der Waals surface area contributed by atoms with Crippen molar-refractivity contribution in [2.45, 2.75) is 33.6 Å². The molecule has 1 fully saturated rings. The highest BCUT2D eigenvalue weighted by molar-refractivity contribution is 5.62.